The lowest BCUT2D eigenvalue weighted by Crippen LogP contribution is -2.57. The minimum Gasteiger partial charge on any atom is -0.326 e. The SMILES string of the molecule is CCCCC(N)C1CN(C)CCN1C. The van der Waals surface area contributed by atoms with Crippen LogP contribution in [0.25, 0.3) is 0 Å². The van der Waals surface area contributed by atoms with Crippen LogP contribution in [0, 0.1) is 0 Å². The summed E-state index contributed by atoms with van der Waals surface area (Å²) in [4.78, 5) is 4.80. The van der Waals surface area contributed by atoms with Crippen LogP contribution < -0.4 is 5.73 Å². The molecule has 84 valence electrons. The average Bonchev–Trinajstić information content (AvgIpc) is 2.18. The normalized spacial score (nSPS) is 27.9. The van der Waals surface area contributed by atoms with E-state index in [4.69, 9.17) is 5.73 Å². The van der Waals surface area contributed by atoms with Gasteiger partial charge in [-0.15, -0.1) is 0 Å². The number of nitrogens with two attached hydrogens (primary N) is 1. The summed E-state index contributed by atoms with van der Waals surface area (Å²) in [6.45, 7) is 5.68. The fourth-order valence-electron chi connectivity index (χ4n) is 2.14. The molecular formula is C11H25N3. The van der Waals surface area contributed by atoms with Crippen molar-refractivity contribution in [2.24, 2.45) is 5.73 Å². The Balaban J connectivity index is 2.38. The van der Waals surface area contributed by atoms with Crippen molar-refractivity contribution in [3.63, 3.8) is 0 Å². The fourth-order valence-corrected chi connectivity index (χ4v) is 2.14. The Hall–Kier alpha value is -0.120. The van der Waals surface area contributed by atoms with Crippen molar-refractivity contribution >= 4 is 0 Å². The molecule has 1 aliphatic rings. The fraction of sp³-hybridized carbons (Fsp3) is 1.00. The van der Waals surface area contributed by atoms with Gasteiger partial charge in [0.25, 0.3) is 0 Å². The number of unbranched alkanes of at least 4 members (excludes halogenated alkanes) is 1. The first-order valence-corrected chi connectivity index (χ1v) is 5.79. The van der Waals surface area contributed by atoms with Crippen molar-refractivity contribution < 1.29 is 0 Å². The Morgan fingerprint density at radius 1 is 1.36 bits per heavy atom. The molecule has 3 nitrogen and oxygen atoms in total. The van der Waals surface area contributed by atoms with Gasteiger partial charge in [0.1, 0.15) is 0 Å². The number of hydrogen-bond acceptors (Lipinski definition) is 3. The molecule has 1 aliphatic heterocycles. The number of piperazine rings is 1. The van der Waals surface area contributed by atoms with E-state index in [9.17, 15) is 0 Å². The van der Waals surface area contributed by atoms with E-state index in [1.54, 1.807) is 0 Å². The zero-order valence-electron chi connectivity index (χ0n) is 9.87. The van der Waals surface area contributed by atoms with Crippen molar-refractivity contribution in [3.05, 3.63) is 0 Å². The third-order valence-corrected chi connectivity index (χ3v) is 3.28. The highest BCUT2D eigenvalue weighted by atomic mass is 15.3. The first kappa shape index (κ1) is 12.0. The maximum Gasteiger partial charge on any atom is 0.0371 e. The summed E-state index contributed by atoms with van der Waals surface area (Å²) in [5, 5.41) is 0. The van der Waals surface area contributed by atoms with Gasteiger partial charge in [0.15, 0.2) is 0 Å². The number of hydrogen-bond donors (Lipinski definition) is 1. The maximum absolute atomic E-state index is 6.22. The molecular weight excluding hydrogens is 174 g/mol. The largest absolute Gasteiger partial charge is 0.326 e. The van der Waals surface area contributed by atoms with Gasteiger partial charge in [-0.3, -0.25) is 4.90 Å². The molecule has 3 heteroatoms. The van der Waals surface area contributed by atoms with Crippen LogP contribution in [0.15, 0.2) is 0 Å². The van der Waals surface area contributed by atoms with E-state index in [2.05, 4.69) is 30.8 Å². The quantitative estimate of drug-likeness (QED) is 0.725. The van der Waals surface area contributed by atoms with Crippen LogP contribution in [0.4, 0.5) is 0 Å². The van der Waals surface area contributed by atoms with Crippen molar-refractivity contribution in [2.75, 3.05) is 33.7 Å². The summed E-state index contributed by atoms with van der Waals surface area (Å²) in [5.74, 6) is 0. The van der Waals surface area contributed by atoms with E-state index < -0.39 is 0 Å². The van der Waals surface area contributed by atoms with Crippen molar-refractivity contribution in [1.82, 2.24) is 9.80 Å². The van der Waals surface area contributed by atoms with Crippen molar-refractivity contribution in [1.29, 1.82) is 0 Å². The number of nitrogens with zero attached hydrogens (tertiary/aromatic N) is 2. The molecule has 2 atom stereocenters. The van der Waals surface area contributed by atoms with Crippen LogP contribution in [0.3, 0.4) is 0 Å². The zero-order chi connectivity index (χ0) is 10.6. The van der Waals surface area contributed by atoms with Crippen molar-refractivity contribution in [3.8, 4) is 0 Å². The Bertz CT molecular complexity index is 161. The minimum absolute atomic E-state index is 0.350. The molecule has 1 heterocycles. The van der Waals surface area contributed by atoms with Crippen LogP contribution in [0.1, 0.15) is 26.2 Å². The van der Waals surface area contributed by atoms with Gasteiger partial charge in [0, 0.05) is 31.7 Å². The van der Waals surface area contributed by atoms with E-state index >= 15 is 0 Å². The van der Waals surface area contributed by atoms with Crippen LogP contribution >= 0.6 is 0 Å². The van der Waals surface area contributed by atoms with Gasteiger partial charge in [-0.05, 0) is 20.5 Å². The standard InChI is InChI=1S/C11H25N3/c1-4-5-6-10(12)11-9-13(2)7-8-14(11)3/h10-11H,4-9,12H2,1-3H3. The smallest absolute Gasteiger partial charge is 0.0371 e. The minimum atomic E-state index is 0.350. The summed E-state index contributed by atoms with van der Waals surface area (Å²) in [6, 6.07) is 0.906. The third kappa shape index (κ3) is 3.23. The maximum atomic E-state index is 6.22. The number of likely N-dealkylation sites (N-methyl/N-ethyl adjacent to an activating group) is 2. The molecule has 0 spiro atoms. The molecule has 1 fully saturated rings. The first-order valence-electron chi connectivity index (χ1n) is 5.79. The molecule has 2 N–H and O–H groups in total. The summed E-state index contributed by atoms with van der Waals surface area (Å²) in [5.41, 5.74) is 6.22. The predicted molar refractivity (Wildman–Crippen MR) is 61.4 cm³/mol. The van der Waals surface area contributed by atoms with Gasteiger partial charge in [0.05, 0.1) is 0 Å². The monoisotopic (exact) mass is 199 g/mol. The molecule has 0 aromatic heterocycles. The molecule has 0 saturated carbocycles. The van der Waals surface area contributed by atoms with Crippen molar-refractivity contribution in [2.45, 2.75) is 38.3 Å². The Labute approximate surface area is 88.2 Å². The second-order valence-electron chi connectivity index (χ2n) is 4.62. The molecule has 1 saturated heterocycles. The lowest BCUT2D eigenvalue weighted by Gasteiger charge is -2.40. The molecule has 0 aliphatic carbocycles. The van der Waals surface area contributed by atoms with E-state index in [0.717, 1.165) is 13.1 Å². The topological polar surface area (TPSA) is 32.5 Å². The highest BCUT2D eigenvalue weighted by Crippen LogP contribution is 2.12. The Morgan fingerprint density at radius 3 is 2.71 bits per heavy atom. The molecule has 1 rings (SSSR count). The summed E-state index contributed by atoms with van der Waals surface area (Å²) < 4.78 is 0. The van der Waals surface area contributed by atoms with Gasteiger partial charge in [-0.2, -0.15) is 0 Å². The predicted octanol–water partition coefficient (Wildman–Crippen LogP) is 0.750. The van der Waals surface area contributed by atoms with E-state index in [-0.39, 0.29) is 0 Å². The van der Waals surface area contributed by atoms with Gasteiger partial charge in [-0.25, -0.2) is 0 Å². The highest BCUT2D eigenvalue weighted by molar-refractivity contribution is 4.86. The van der Waals surface area contributed by atoms with Crippen LogP contribution in [-0.2, 0) is 0 Å². The molecule has 14 heavy (non-hydrogen) atoms. The molecule has 0 aromatic rings. The van der Waals surface area contributed by atoms with E-state index in [0.29, 0.717) is 12.1 Å². The van der Waals surface area contributed by atoms with Crippen LogP contribution in [0.5, 0.6) is 0 Å². The second kappa shape index (κ2) is 5.69. The lowest BCUT2D eigenvalue weighted by atomic mass is 9.99. The average molecular weight is 199 g/mol. The molecule has 0 bridgehead atoms. The third-order valence-electron chi connectivity index (χ3n) is 3.28. The second-order valence-corrected chi connectivity index (χ2v) is 4.62. The van der Waals surface area contributed by atoms with Crippen LogP contribution in [0.2, 0.25) is 0 Å². The van der Waals surface area contributed by atoms with Gasteiger partial charge >= 0.3 is 0 Å². The van der Waals surface area contributed by atoms with Gasteiger partial charge in [0.2, 0.25) is 0 Å². The van der Waals surface area contributed by atoms with Gasteiger partial charge < -0.3 is 10.6 Å². The summed E-state index contributed by atoms with van der Waals surface area (Å²) in [6.07, 6.45) is 3.68. The van der Waals surface area contributed by atoms with E-state index in [1.807, 2.05) is 0 Å². The van der Waals surface area contributed by atoms with Crippen LogP contribution in [-0.4, -0.2) is 55.6 Å². The Morgan fingerprint density at radius 2 is 2.07 bits per heavy atom. The van der Waals surface area contributed by atoms with Gasteiger partial charge in [-0.1, -0.05) is 19.8 Å². The van der Waals surface area contributed by atoms with E-state index in [1.165, 1.54) is 25.8 Å². The lowest BCUT2D eigenvalue weighted by molar-refractivity contribution is 0.0948. The summed E-state index contributed by atoms with van der Waals surface area (Å²) in [7, 11) is 4.38. The zero-order valence-corrected chi connectivity index (χ0v) is 9.87. The molecule has 0 amide bonds. The molecule has 0 aromatic carbocycles. The molecule has 2 unspecified atom stereocenters. The first-order chi connectivity index (χ1) is 6.65. The molecule has 0 radical (unpaired) electrons. The Kier molecular flexibility index (Phi) is 4.85. The highest BCUT2D eigenvalue weighted by Gasteiger charge is 2.26. The summed E-state index contributed by atoms with van der Waals surface area (Å²) >= 11 is 0. The number of rotatable bonds is 4.